The molecule has 2 aliphatic heterocycles. The van der Waals surface area contributed by atoms with Crippen LogP contribution in [0.5, 0.6) is 0 Å². The van der Waals surface area contributed by atoms with Crippen LogP contribution in [0.15, 0.2) is 6.20 Å². The van der Waals surface area contributed by atoms with Gasteiger partial charge in [0, 0.05) is 38.1 Å². The van der Waals surface area contributed by atoms with Crippen LogP contribution < -0.4 is 5.32 Å². The summed E-state index contributed by atoms with van der Waals surface area (Å²) in [5, 5.41) is 2.85. The van der Waals surface area contributed by atoms with Crippen molar-refractivity contribution in [1.82, 2.24) is 25.1 Å². The Morgan fingerprint density at radius 2 is 2.00 bits per heavy atom. The summed E-state index contributed by atoms with van der Waals surface area (Å²) >= 11 is 0. The number of nitrogens with zero attached hydrogens (tertiary/aromatic N) is 3. The van der Waals surface area contributed by atoms with E-state index in [1.165, 1.54) is 19.4 Å². The molecule has 1 aliphatic carbocycles. The minimum Gasteiger partial charge on any atom is -0.365 e. The lowest BCUT2D eigenvalue weighted by atomic mass is 9.95. The van der Waals surface area contributed by atoms with Gasteiger partial charge in [0.15, 0.2) is 5.82 Å². The largest absolute Gasteiger partial charge is 0.365 e. The number of hydrogen-bond acceptors (Lipinski definition) is 5. The molecule has 1 aromatic rings. The number of aromatic nitrogens is 2. The fourth-order valence-corrected chi connectivity index (χ4v) is 4.13. The number of hydrogen-bond donors (Lipinski definition) is 2. The average molecular weight is 390 g/mol. The van der Waals surface area contributed by atoms with E-state index in [-0.39, 0.29) is 24.5 Å². The molecule has 28 heavy (non-hydrogen) atoms. The van der Waals surface area contributed by atoms with Crippen LogP contribution in [0.4, 0.5) is 0 Å². The monoisotopic (exact) mass is 389 g/mol. The first-order chi connectivity index (χ1) is 13.6. The quantitative estimate of drug-likeness (QED) is 0.720. The Morgan fingerprint density at radius 1 is 1.25 bits per heavy atom. The molecule has 3 fully saturated rings. The zero-order chi connectivity index (χ0) is 19.5. The Morgan fingerprint density at radius 3 is 2.68 bits per heavy atom. The van der Waals surface area contributed by atoms with Crippen LogP contribution in [-0.2, 0) is 9.53 Å². The third kappa shape index (κ3) is 5.11. The Bertz CT molecular complexity index is 694. The van der Waals surface area contributed by atoms with Gasteiger partial charge in [-0.1, -0.05) is 0 Å². The van der Waals surface area contributed by atoms with Gasteiger partial charge >= 0.3 is 0 Å². The standard InChI is InChI=1S/C20H31N5O3/c1-14-8-21-19(23-14)20(27)22-9-17-12-25(18(26)13-28-17)11-16-4-6-24(7-5-16)10-15-2-3-15/h8,15-17H,2-7,9-13H2,1H3,(H,21,23)(H,22,27)/t17-/m1/s1. The van der Waals surface area contributed by atoms with Crippen LogP contribution in [0.2, 0.25) is 0 Å². The normalized spacial score (nSPS) is 24.5. The Labute approximate surface area is 166 Å². The number of piperidine rings is 1. The van der Waals surface area contributed by atoms with Gasteiger partial charge in [-0.2, -0.15) is 0 Å². The fraction of sp³-hybridized carbons (Fsp3) is 0.750. The average Bonchev–Trinajstić information content (AvgIpc) is 3.40. The molecule has 1 aromatic heterocycles. The molecule has 0 bridgehead atoms. The minimum absolute atomic E-state index is 0.0599. The highest BCUT2D eigenvalue weighted by Crippen LogP contribution is 2.31. The summed E-state index contributed by atoms with van der Waals surface area (Å²) in [5.74, 6) is 1.63. The van der Waals surface area contributed by atoms with E-state index in [9.17, 15) is 9.59 Å². The Hall–Kier alpha value is -1.93. The number of carbonyl (C=O) groups is 2. The molecule has 8 heteroatoms. The number of aryl methyl sites for hydroxylation is 1. The second-order valence-corrected chi connectivity index (χ2v) is 8.54. The number of aromatic amines is 1. The highest BCUT2D eigenvalue weighted by molar-refractivity contribution is 5.90. The lowest BCUT2D eigenvalue weighted by Crippen LogP contribution is -2.52. The number of ether oxygens (including phenoxy) is 1. The third-order valence-electron chi connectivity index (χ3n) is 6.03. The number of imidazole rings is 1. The summed E-state index contributed by atoms with van der Waals surface area (Å²) < 4.78 is 5.62. The highest BCUT2D eigenvalue weighted by atomic mass is 16.5. The van der Waals surface area contributed by atoms with Gasteiger partial charge in [-0.25, -0.2) is 4.98 Å². The van der Waals surface area contributed by atoms with Crippen molar-refractivity contribution < 1.29 is 14.3 Å². The lowest BCUT2D eigenvalue weighted by Gasteiger charge is -2.38. The first-order valence-corrected chi connectivity index (χ1v) is 10.5. The van der Waals surface area contributed by atoms with Crippen molar-refractivity contribution >= 4 is 11.8 Å². The minimum atomic E-state index is -0.247. The molecular weight excluding hydrogens is 358 g/mol. The summed E-state index contributed by atoms with van der Waals surface area (Å²) in [5.41, 5.74) is 0.846. The van der Waals surface area contributed by atoms with Crippen molar-refractivity contribution in [1.29, 1.82) is 0 Å². The Kier molecular flexibility index (Phi) is 5.96. The zero-order valence-corrected chi connectivity index (χ0v) is 16.7. The summed E-state index contributed by atoms with van der Waals surface area (Å²) in [4.78, 5) is 35.9. The predicted octanol–water partition coefficient (Wildman–Crippen LogP) is 0.797. The molecule has 3 aliphatic rings. The number of likely N-dealkylation sites (tertiary alicyclic amines) is 1. The van der Waals surface area contributed by atoms with Crippen molar-refractivity contribution in [2.45, 2.75) is 38.7 Å². The number of morpholine rings is 1. The molecular formula is C20H31N5O3. The molecule has 8 nitrogen and oxygen atoms in total. The second kappa shape index (κ2) is 8.61. The summed E-state index contributed by atoms with van der Waals surface area (Å²) in [6.45, 7) is 7.25. The number of nitrogens with one attached hydrogen (secondary N) is 2. The molecule has 0 radical (unpaired) electrons. The molecule has 0 unspecified atom stereocenters. The fourth-order valence-electron chi connectivity index (χ4n) is 4.13. The highest BCUT2D eigenvalue weighted by Gasteiger charge is 2.31. The van der Waals surface area contributed by atoms with E-state index in [2.05, 4.69) is 20.2 Å². The van der Waals surface area contributed by atoms with E-state index in [4.69, 9.17) is 4.74 Å². The summed E-state index contributed by atoms with van der Waals surface area (Å²) in [7, 11) is 0. The van der Waals surface area contributed by atoms with Gasteiger partial charge in [0.2, 0.25) is 5.91 Å². The summed E-state index contributed by atoms with van der Waals surface area (Å²) in [6, 6.07) is 0. The second-order valence-electron chi connectivity index (χ2n) is 8.54. The summed E-state index contributed by atoms with van der Waals surface area (Å²) in [6.07, 6.45) is 6.59. The molecule has 154 valence electrons. The van der Waals surface area contributed by atoms with Crippen LogP contribution in [0.25, 0.3) is 0 Å². The molecule has 2 saturated heterocycles. The van der Waals surface area contributed by atoms with Gasteiger partial charge in [-0.3, -0.25) is 9.59 Å². The van der Waals surface area contributed by atoms with E-state index < -0.39 is 0 Å². The smallest absolute Gasteiger partial charge is 0.287 e. The molecule has 3 heterocycles. The van der Waals surface area contributed by atoms with E-state index in [0.717, 1.165) is 44.1 Å². The van der Waals surface area contributed by atoms with E-state index in [1.54, 1.807) is 6.20 Å². The molecule has 2 N–H and O–H groups in total. The van der Waals surface area contributed by atoms with Crippen LogP contribution in [0.3, 0.4) is 0 Å². The first-order valence-electron chi connectivity index (χ1n) is 10.5. The van der Waals surface area contributed by atoms with Crippen molar-refractivity contribution in [3.05, 3.63) is 17.7 Å². The van der Waals surface area contributed by atoms with E-state index >= 15 is 0 Å². The van der Waals surface area contributed by atoms with Crippen molar-refractivity contribution in [3.8, 4) is 0 Å². The van der Waals surface area contributed by atoms with Crippen LogP contribution in [-0.4, -0.2) is 83.6 Å². The van der Waals surface area contributed by atoms with Gasteiger partial charge in [0.1, 0.15) is 6.61 Å². The zero-order valence-electron chi connectivity index (χ0n) is 16.7. The number of carbonyl (C=O) groups excluding carboxylic acids is 2. The van der Waals surface area contributed by atoms with Crippen LogP contribution in [0.1, 0.15) is 42.0 Å². The third-order valence-corrected chi connectivity index (χ3v) is 6.03. The number of H-pyrrole nitrogens is 1. The molecule has 1 saturated carbocycles. The maximum atomic E-state index is 12.3. The molecule has 0 spiro atoms. The van der Waals surface area contributed by atoms with Crippen molar-refractivity contribution in [3.63, 3.8) is 0 Å². The predicted molar refractivity (Wildman–Crippen MR) is 104 cm³/mol. The Balaban J connectivity index is 1.21. The molecule has 1 atom stereocenters. The lowest BCUT2D eigenvalue weighted by molar-refractivity contribution is -0.149. The van der Waals surface area contributed by atoms with Crippen LogP contribution >= 0.6 is 0 Å². The maximum Gasteiger partial charge on any atom is 0.287 e. The first kappa shape index (κ1) is 19.4. The van der Waals surface area contributed by atoms with E-state index in [1.807, 2.05) is 11.8 Å². The maximum absolute atomic E-state index is 12.3. The van der Waals surface area contributed by atoms with Crippen LogP contribution in [0, 0.1) is 18.8 Å². The van der Waals surface area contributed by atoms with Gasteiger partial charge in [0.05, 0.1) is 6.10 Å². The van der Waals surface area contributed by atoms with E-state index in [0.29, 0.717) is 24.8 Å². The molecule has 4 rings (SSSR count). The molecule has 0 aromatic carbocycles. The van der Waals surface area contributed by atoms with Gasteiger partial charge in [0.25, 0.3) is 5.91 Å². The molecule has 2 amide bonds. The van der Waals surface area contributed by atoms with Gasteiger partial charge in [-0.15, -0.1) is 0 Å². The van der Waals surface area contributed by atoms with Gasteiger partial charge in [-0.05, 0) is 57.5 Å². The number of amides is 2. The topological polar surface area (TPSA) is 90.6 Å². The van der Waals surface area contributed by atoms with Crippen molar-refractivity contribution in [2.75, 3.05) is 45.9 Å². The van der Waals surface area contributed by atoms with Crippen molar-refractivity contribution in [2.24, 2.45) is 11.8 Å². The SMILES string of the molecule is Cc1cnc(C(=O)NC[C@@H]2CN(CC3CCN(CC4CC4)CC3)C(=O)CO2)[nH]1. The van der Waals surface area contributed by atoms with Gasteiger partial charge < -0.3 is 24.8 Å². The number of rotatable bonds is 7.